The second kappa shape index (κ2) is 2.17. The van der Waals surface area contributed by atoms with Crippen molar-refractivity contribution in [3.05, 3.63) is 24.6 Å². The van der Waals surface area contributed by atoms with E-state index < -0.39 is 11.4 Å². The van der Waals surface area contributed by atoms with Crippen molar-refractivity contribution in [3.8, 4) is 0 Å². The molecule has 3 heteroatoms. The predicted octanol–water partition coefficient (Wildman–Crippen LogP) is 0.708. The first-order chi connectivity index (χ1) is 4.65. The summed E-state index contributed by atoms with van der Waals surface area (Å²) in [4.78, 5) is 10.5. The number of carbonyl (C=O) groups is 1. The minimum absolute atomic E-state index is 0.828. The van der Waals surface area contributed by atoms with Crippen LogP contribution in [0, 0.1) is 5.41 Å². The Labute approximate surface area is 59.0 Å². The van der Waals surface area contributed by atoms with Crippen LogP contribution in [0.1, 0.15) is 6.92 Å². The SMILES string of the molecule is CC1(C(=O)O)C=CNC=C1. The van der Waals surface area contributed by atoms with Crippen LogP contribution in [0.15, 0.2) is 24.6 Å². The zero-order valence-corrected chi connectivity index (χ0v) is 5.66. The summed E-state index contributed by atoms with van der Waals surface area (Å²) < 4.78 is 0. The molecule has 0 aromatic rings. The minimum Gasteiger partial charge on any atom is -0.480 e. The fraction of sp³-hybridized carbons (Fsp3) is 0.286. The molecule has 0 bridgehead atoms. The van der Waals surface area contributed by atoms with Crippen molar-refractivity contribution < 1.29 is 9.90 Å². The zero-order chi connectivity index (χ0) is 7.61. The monoisotopic (exact) mass is 139 g/mol. The van der Waals surface area contributed by atoms with Crippen LogP contribution in [0.25, 0.3) is 0 Å². The second-order valence-electron chi connectivity index (χ2n) is 2.42. The fourth-order valence-corrected chi connectivity index (χ4v) is 0.696. The zero-order valence-electron chi connectivity index (χ0n) is 5.66. The van der Waals surface area contributed by atoms with E-state index in [0.29, 0.717) is 0 Å². The summed E-state index contributed by atoms with van der Waals surface area (Å²) in [7, 11) is 0. The van der Waals surface area contributed by atoms with Gasteiger partial charge in [0.15, 0.2) is 0 Å². The number of hydrogen-bond acceptors (Lipinski definition) is 2. The molecule has 1 aliphatic heterocycles. The van der Waals surface area contributed by atoms with E-state index in [2.05, 4.69) is 5.32 Å². The van der Waals surface area contributed by atoms with Gasteiger partial charge in [-0.05, 0) is 31.5 Å². The lowest BCUT2D eigenvalue weighted by Crippen LogP contribution is -2.25. The minimum atomic E-state index is -0.832. The summed E-state index contributed by atoms with van der Waals surface area (Å²) in [6.07, 6.45) is 6.45. The molecule has 0 saturated carbocycles. The number of hydrogen-bond donors (Lipinski definition) is 2. The molecule has 0 spiro atoms. The predicted molar refractivity (Wildman–Crippen MR) is 37.2 cm³/mol. The Balaban J connectivity index is 2.85. The van der Waals surface area contributed by atoms with Gasteiger partial charge in [-0.15, -0.1) is 0 Å². The normalized spacial score (nSPS) is 20.1. The fourth-order valence-electron chi connectivity index (χ4n) is 0.696. The first-order valence-electron chi connectivity index (χ1n) is 3.00. The summed E-state index contributed by atoms with van der Waals surface area (Å²) in [5.74, 6) is -0.832. The average molecular weight is 139 g/mol. The van der Waals surface area contributed by atoms with Gasteiger partial charge in [0.2, 0.25) is 0 Å². The van der Waals surface area contributed by atoms with Gasteiger partial charge in [0, 0.05) is 0 Å². The van der Waals surface area contributed by atoms with Gasteiger partial charge in [0.25, 0.3) is 0 Å². The summed E-state index contributed by atoms with van der Waals surface area (Å²) in [5.41, 5.74) is -0.828. The van der Waals surface area contributed by atoms with Gasteiger partial charge >= 0.3 is 5.97 Å². The van der Waals surface area contributed by atoms with E-state index in [-0.39, 0.29) is 0 Å². The van der Waals surface area contributed by atoms with E-state index in [1.165, 1.54) is 0 Å². The van der Waals surface area contributed by atoms with E-state index in [1.807, 2.05) is 0 Å². The molecule has 3 nitrogen and oxygen atoms in total. The van der Waals surface area contributed by atoms with Crippen molar-refractivity contribution in [2.45, 2.75) is 6.92 Å². The molecule has 0 amide bonds. The Kier molecular flexibility index (Phi) is 1.49. The highest BCUT2D eigenvalue weighted by atomic mass is 16.4. The van der Waals surface area contributed by atoms with E-state index in [9.17, 15) is 4.79 Å². The molecule has 0 saturated heterocycles. The Bertz CT molecular complexity index is 194. The molecule has 0 radical (unpaired) electrons. The lowest BCUT2D eigenvalue weighted by Gasteiger charge is -2.18. The van der Waals surface area contributed by atoms with Crippen LogP contribution >= 0.6 is 0 Å². The van der Waals surface area contributed by atoms with E-state index >= 15 is 0 Å². The molecule has 0 fully saturated rings. The maximum absolute atomic E-state index is 10.5. The van der Waals surface area contributed by atoms with Crippen LogP contribution in [0.4, 0.5) is 0 Å². The van der Waals surface area contributed by atoms with Crippen molar-refractivity contribution in [1.29, 1.82) is 0 Å². The third-order valence-electron chi connectivity index (χ3n) is 1.51. The molecular weight excluding hydrogens is 130 g/mol. The Hall–Kier alpha value is -1.25. The Morgan fingerprint density at radius 3 is 2.30 bits per heavy atom. The third kappa shape index (κ3) is 1.03. The first kappa shape index (κ1) is 6.86. The lowest BCUT2D eigenvalue weighted by molar-refractivity contribution is -0.142. The van der Waals surface area contributed by atoms with Crippen molar-refractivity contribution in [3.63, 3.8) is 0 Å². The molecule has 1 aliphatic rings. The van der Waals surface area contributed by atoms with E-state index in [0.717, 1.165) is 0 Å². The molecule has 0 aliphatic carbocycles. The van der Waals surface area contributed by atoms with E-state index in [4.69, 9.17) is 5.11 Å². The number of aliphatic carboxylic acids is 1. The number of dihydropyridines is 1. The van der Waals surface area contributed by atoms with Crippen LogP contribution in [-0.4, -0.2) is 11.1 Å². The maximum atomic E-state index is 10.5. The van der Waals surface area contributed by atoms with Gasteiger partial charge in [-0.25, -0.2) is 0 Å². The molecule has 0 aromatic carbocycles. The molecule has 1 rings (SSSR count). The van der Waals surface area contributed by atoms with Gasteiger partial charge in [-0.1, -0.05) is 0 Å². The van der Waals surface area contributed by atoms with Gasteiger partial charge < -0.3 is 10.4 Å². The highest BCUT2D eigenvalue weighted by Gasteiger charge is 2.27. The summed E-state index contributed by atoms with van der Waals surface area (Å²) in [6, 6.07) is 0. The first-order valence-corrected chi connectivity index (χ1v) is 3.00. The molecule has 0 aromatic heterocycles. The number of carboxylic acid groups (broad SMARTS) is 1. The van der Waals surface area contributed by atoms with Crippen LogP contribution in [-0.2, 0) is 4.79 Å². The van der Waals surface area contributed by atoms with Gasteiger partial charge in [0.1, 0.15) is 5.41 Å². The standard InChI is InChI=1S/C7H9NO2/c1-7(6(9)10)2-4-8-5-3-7/h2-5,8H,1H3,(H,9,10). The molecule has 2 N–H and O–H groups in total. The number of nitrogens with one attached hydrogen (secondary N) is 1. The third-order valence-corrected chi connectivity index (χ3v) is 1.51. The highest BCUT2D eigenvalue weighted by molar-refractivity contribution is 5.79. The van der Waals surface area contributed by atoms with Crippen LogP contribution in [0.5, 0.6) is 0 Å². The average Bonchev–Trinajstić information content (AvgIpc) is 1.89. The highest BCUT2D eigenvalue weighted by Crippen LogP contribution is 2.21. The summed E-state index contributed by atoms with van der Waals surface area (Å²) >= 11 is 0. The number of rotatable bonds is 1. The van der Waals surface area contributed by atoms with Crippen LogP contribution in [0.2, 0.25) is 0 Å². The van der Waals surface area contributed by atoms with Crippen LogP contribution < -0.4 is 5.32 Å². The molecule has 10 heavy (non-hydrogen) atoms. The van der Waals surface area contributed by atoms with Crippen molar-refractivity contribution >= 4 is 5.97 Å². The van der Waals surface area contributed by atoms with Crippen molar-refractivity contribution in [1.82, 2.24) is 5.32 Å². The van der Waals surface area contributed by atoms with Crippen LogP contribution in [0.3, 0.4) is 0 Å². The van der Waals surface area contributed by atoms with Gasteiger partial charge in [-0.2, -0.15) is 0 Å². The summed E-state index contributed by atoms with van der Waals surface area (Å²) in [6.45, 7) is 1.64. The topological polar surface area (TPSA) is 49.3 Å². The second-order valence-corrected chi connectivity index (χ2v) is 2.42. The van der Waals surface area contributed by atoms with Gasteiger partial charge in [0.05, 0.1) is 0 Å². The van der Waals surface area contributed by atoms with Crippen molar-refractivity contribution in [2.75, 3.05) is 0 Å². The molecule has 54 valence electrons. The number of carboxylic acids is 1. The molecular formula is C7H9NO2. The molecule has 0 unspecified atom stereocenters. The summed E-state index contributed by atoms with van der Waals surface area (Å²) in [5, 5.41) is 11.4. The Morgan fingerprint density at radius 2 is 2.00 bits per heavy atom. The van der Waals surface area contributed by atoms with Gasteiger partial charge in [-0.3, -0.25) is 4.79 Å². The lowest BCUT2D eigenvalue weighted by atomic mass is 9.90. The quantitative estimate of drug-likeness (QED) is 0.562. The Morgan fingerprint density at radius 1 is 1.50 bits per heavy atom. The van der Waals surface area contributed by atoms with E-state index in [1.54, 1.807) is 31.5 Å². The smallest absolute Gasteiger partial charge is 0.317 e. The largest absolute Gasteiger partial charge is 0.480 e. The van der Waals surface area contributed by atoms with Crippen molar-refractivity contribution in [2.24, 2.45) is 5.41 Å². The molecule has 0 atom stereocenters. The maximum Gasteiger partial charge on any atom is 0.317 e. The molecule has 1 heterocycles.